The molecule has 0 radical (unpaired) electrons. The Morgan fingerprint density at radius 2 is 2.00 bits per heavy atom. The Morgan fingerprint density at radius 1 is 1.14 bits per heavy atom. The highest BCUT2D eigenvalue weighted by Crippen LogP contribution is 2.47. The zero-order valence-electron chi connectivity index (χ0n) is 17.4. The topological polar surface area (TPSA) is 39.5 Å². The molecule has 2 aromatic carbocycles. The van der Waals surface area contributed by atoms with E-state index in [2.05, 4.69) is 53.5 Å². The molecule has 0 fully saturated rings. The number of aromatic nitrogens is 2. The van der Waals surface area contributed by atoms with E-state index in [1.807, 2.05) is 35.8 Å². The first-order valence-electron chi connectivity index (χ1n) is 9.79. The van der Waals surface area contributed by atoms with E-state index in [1.165, 1.54) is 27.3 Å². The van der Waals surface area contributed by atoms with Crippen LogP contribution >= 0.6 is 11.8 Å². The summed E-state index contributed by atoms with van der Waals surface area (Å²) in [6.07, 6.45) is 5.10. The van der Waals surface area contributed by atoms with Crippen LogP contribution in [0.3, 0.4) is 0 Å². The van der Waals surface area contributed by atoms with Gasteiger partial charge in [-0.1, -0.05) is 12.1 Å². The maximum absolute atomic E-state index is 5.51. The standard InChI is InChI=1S/C23H27N3O2S/c1-16-11-18(5-8-21(16)28-4)22-9-10-26(15-17-13-24-25(2)14-17)20-7-6-19(27-3)12-23(20)29-22/h5-8,11-14,22H,9-10,15H2,1-4H3. The van der Waals surface area contributed by atoms with E-state index in [4.69, 9.17) is 9.47 Å². The maximum atomic E-state index is 5.51. The zero-order chi connectivity index (χ0) is 20.4. The second kappa shape index (κ2) is 8.41. The van der Waals surface area contributed by atoms with Gasteiger partial charge in [0.05, 0.1) is 26.1 Å². The van der Waals surface area contributed by atoms with E-state index < -0.39 is 0 Å². The van der Waals surface area contributed by atoms with Gasteiger partial charge in [-0.3, -0.25) is 4.68 Å². The van der Waals surface area contributed by atoms with Crippen LogP contribution in [0.4, 0.5) is 5.69 Å². The molecule has 0 N–H and O–H groups in total. The highest BCUT2D eigenvalue weighted by molar-refractivity contribution is 7.99. The summed E-state index contributed by atoms with van der Waals surface area (Å²) in [6.45, 7) is 3.94. The third-order valence-corrected chi connectivity index (χ3v) is 6.73. The molecule has 0 amide bonds. The van der Waals surface area contributed by atoms with Crippen molar-refractivity contribution in [3.05, 3.63) is 65.5 Å². The van der Waals surface area contributed by atoms with Crippen LogP contribution in [0.15, 0.2) is 53.7 Å². The third kappa shape index (κ3) is 4.22. The van der Waals surface area contributed by atoms with Gasteiger partial charge in [0.15, 0.2) is 0 Å². The lowest BCUT2D eigenvalue weighted by atomic mass is 10.1. The van der Waals surface area contributed by atoms with Crippen molar-refractivity contribution in [3.8, 4) is 11.5 Å². The number of anilines is 1. The van der Waals surface area contributed by atoms with Gasteiger partial charge in [0.2, 0.25) is 0 Å². The van der Waals surface area contributed by atoms with Gasteiger partial charge in [0.25, 0.3) is 0 Å². The Hall–Kier alpha value is -2.60. The number of nitrogens with zero attached hydrogens (tertiary/aromatic N) is 3. The van der Waals surface area contributed by atoms with Gasteiger partial charge in [0.1, 0.15) is 11.5 Å². The summed E-state index contributed by atoms with van der Waals surface area (Å²) < 4.78 is 12.8. The molecule has 0 saturated heterocycles. The maximum Gasteiger partial charge on any atom is 0.121 e. The van der Waals surface area contributed by atoms with E-state index in [-0.39, 0.29) is 0 Å². The lowest BCUT2D eigenvalue weighted by Gasteiger charge is -2.24. The molecule has 1 aliphatic heterocycles. The van der Waals surface area contributed by atoms with Gasteiger partial charge >= 0.3 is 0 Å². The monoisotopic (exact) mass is 409 g/mol. The first-order valence-corrected chi connectivity index (χ1v) is 10.7. The average Bonchev–Trinajstić information content (AvgIpc) is 3.05. The van der Waals surface area contributed by atoms with Gasteiger partial charge in [0, 0.05) is 42.0 Å². The molecule has 1 atom stereocenters. The minimum absolute atomic E-state index is 0.379. The molecule has 2 heterocycles. The van der Waals surface area contributed by atoms with Gasteiger partial charge in [-0.2, -0.15) is 5.10 Å². The van der Waals surface area contributed by atoms with E-state index in [1.54, 1.807) is 14.2 Å². The summed E-state index contributed by atoms with van der Waals surface area (Å²) in [5.74, 6) is 1.83. The van der Waals surface area contributed by atoms with Crippen molar-refractivity contribution in [1.29, 1.82) is 0 Å². The molecule has 1 aliphatic rings. The Balaban J connectivity index is 1.67. The highest BCUT2D eigenvalue weighted by atomic mass is 32.2. The van der Waals surface area contributed by atoms with Crippen molar-refractivity contribution >= 4 is 17.4 Å². The Labute approximate surface area is 176 Å². The van der Waals surface area contributed by atoms with Gasteiger partial charge in [-0.15, -0.1) is 11.8 Å². The normalized spacial score (nSPS) is 16.3. The van der Waals surface area contributed by atoms with Crippen LogP contribution in [0.1, 0.15) is 28.4 Å². The molecule has 1 aromatic heterocycles. The van der Waals surface area contributed by atoms with Crippen LogP contribution in [0.25, 0.3) is 0 Å². The number of rotatable bonds is 5. The second-order valence-electron chi connectivity index (χ2n) is 7.40. The predicted molar refractivity (Wildman–Crippen MR) is 118 cm³/mol. The molecule has 4 rings (SSSR count). The second-order valence-corrected chi connectivity index (χ2v) is 8.65. The number of benzene rings is 2. The molecule has 29 heavy (non-hydrogen) atoms. The van der Waals surface area contributed by atoms with Crippen LogP contribution in [0.5, 0.6) is 11.5 Å². The number of ether oxygens (including phenoxy) is 2. The first kappa shape index (κ1) is 19.7. The number of methoxy groups -OCH3 is 2. The summed E-state index contributed by atoms with van der Waals surface area (Å²) in [7, 11) is 5.41. The average molecular weight is 410 g/mol. The lowest BCUT2D eigenvalue weighted by Crippen LogP contribution is -2.23. The van der Waals surface area contributed by atoms with E-state index in [0.29, 0.717) is 5.25 Å². The SMILES string of the molecule is COc1ccc2c(c1)SC(c1ccc(OC)c(C)c1)CCN2Cc1cnn(C)c1. The third-order valence-electron chi connectivity index (χ3n) is 5.36. The van der Waals surface area contributed by atoms with Crippen LogP contribution < -0.4 is 14.4 Å². The molecule has 0 aliphatic carbocycles. The van der Waals surface area contributed by atoms with Crippen molar-refractivity contribution in [2.75, 3.05) is 25.7 Å². The largest absolute Gasteiger partial charge is 0.497 e. The summed E-state index contributed by atoms with van der Waals surface area (Å²) in [5, 5.41) is 4.71. The molecular formula is C23H27N3O2S. The predicted octanol–water partition coefficient (Wildman–Crippen LogP) is 4.99. The molecule has 0 saturated carbocycles. The Morgan fingerprint density at radius 3 is 2.69 bits per heavy atom. The molecule has 0 spiro atoms. The van der Waals surface area contributed by atoms with E-state index in [0.717, 1.165) is 31.0 Å². The number of fused-ring (bicyclic) bond motifs is 1. The van der Waals surface area contributed by atoms with Crippen molar-refractivity contribution < 1.29 is 9.47 Å². The summed E-state index contributed by atoms with van der Waals surface area (Å²) >= 11 is 1.92. The number of hydrogen-bond acceptors (Lipinski definition) is 5. The van der Waals surface area contributed by atoms with Gasteiger partial charge in [-0.25, -0.2) is 0 Å². The first-order chi connectivity index (χ1) is 14.1. The van der Waals surface area contributed by atoms with Crippen LogP contribution in [0, 0.1) is 6.92 Å². The van der Waals surface area contributed by atoms with Crippen LogP contribution in [-0.2, 0) is 13.6 Å². The van der Waals surface area contributed by atoms with Gasteiger partial charge < -0.3 is 14.4 Å². The summed E-state index contributed by atoms with van der Waals surface area (Å²) in [5.41, 5.74) is 4.99. The molecular weight excluding hydrogens is 382 g/mol. The molecule has 5 nitrogen and oxygen atoms in total. The fraction of sp³-hybridized carbons (Fsp3) is 0.348. The summed E-state index contributed by atoms with van der Waals surface area (Å²) in [6, 6.07) is 12.9. The van der Waals surface area contributed by atoms with Crippen molar-refractivity contribution in [2.24, 2.45) is 7.05 Å². The quantitative estimate of drug-likeness (QED) is 0.594. The lowest BCUT2D eigenvalue weighted by molar-refractivity contribution is 0.411. The molecule has 152 valence electrons. The Kier molecular flexibility index (Phi) is 5.72. The fourth-order valence-electron chi connectivity index (χ4n) is 3.86. The van der Waals surface area contributed by atoms with Crippen LogP contribution in [0.2, 0.25) is 0 Å². The number of aryl methyl sites for hydroxylation is 2. The minimum atomic E-state index is 0.379. The van der Waals surface area contributed by atoms with Crippen molar-refractivity contribution in [1.82, 2.24) is 9.78 Å². The molecule has 1 unspecified atom stereocenters. The highest BCUT2D eigenvalue weighted by Gasteiger charge is 2.24. The molecule has 6 heteroatoms. The summed E-state index contributed by atoms with van der Waals surface area (Å²) in [4.78, 5) is 3.71. The van der Waals surface area contributed by atoms with Crippen molar-refractivity contribution in [2.45, 2.75) is 30.0 Å². The number of thioether (sulfide) groups is 1. The van der Waals surface area contributed by atoms with E-state index in [9.17, 15) is 0 Å². The van der Waals surface area contributed by atoms with Crippen LogP contribution in [-0.4, -0.2) is 30.5 Å². The van der Waals surface area contributed by atoms with Gasteiger partial charge in [-0.05, 0) is 48.7 Å². The Bertz CT molecular complexity index is 1000. The molecule has 3 aromatic rings. The number of hydrogen-bond donors (Lipinski definition) is 0. The minimum Gasteiger partial charge on any atom is -0.497 e. The molecule has 0 bridgehead atoms. The zero-order valence-corrected chi connectivity index (χ0v) is 18.2. The fourth-order valence-corrected chi connectivity index (χ4v) is 5.17. The smallest absolute Gasteiger partial charge is 0.121 e. The van der Waals surface area contributed by atoms with Crippen molar-refractivity contribution in [3.63, 3.8) is 0 Å². The van der Waals surface area contributed by atoms with E-state index >= 15 is 0 Å².